The number of hydrogen-bond acceptors (Lipinski definition) is 3. The van der Waals surface area contributed by atoms with E-state index in [-0.39, 0.29) is 12.1 Å². The maximum absolute atomic E-state index is 10.3. The number of piperidine rings is 1. The van der Waals surface area contributed by atoms with Crippen LogP contribution < -0.4 is 10.1 Å². The first-order valence-electron chi connectivity index (χ1n) is 6.44. The molecule has 1 saturated heterocycles. The molecule has 4 heteroatoms. The van der Waals surface area contributed by atoms with E-state index in [2.05, 4.69) is 21.2 Å². The van der Waals surface area contributed by atoms with E-state index in [0.717, 1.165) is 28.8 Å². The highest BCUT2D eigenvalue weighted by Crippen LogP contribution is 2.25. The molecule has 2 N–H and O–H groups in total. The van der Waals surface area contributed by atoms with Crippen LogP contribution in [0.4, 0.5) is 0 Å². The van der Waals surface area contributed by atoms with Gasteiger partial charge in [0.15, 0.2) is 0 Å². The average Bonchev–Trinajstić information content (AvgIpc) is 2.42. The number of hydrogen-bond donors (Lipinski definition) is 2. The van der Waals surface area contributed by atoms with Crippen molar-refractivity contribution in [3.05, 3.63) is 28.2 Å². The molecule has 1 heterocycles. The van der Waals surface area contributed by atoms with Gasteiger partial charge in [-0.25, -0.2) is 0 Å². The molecule has 0 radical (unpaired) electrons. The van der Waals surface area contributed by atoms with Gasteiger partial charge in [-0.2, -0.15) is 0 Å². The smallest absolute Gasteiger partial charge is 0.119 e. The van der Waals surface area contributed by atoms with E-state index in [0.29, 0.717) is 6.42 Å². The summed E-state index contributed by atoms with van der Waals surface area (Å²) in [7, 11) is 1.66. The number of rotatable bonds is 4. The normalized spacial score (nSPS) is 21.6. The zero-order chi connectivity index (χ0) is 13.0. The van der Waals surface area contributed by atoms with Crippen molar-refractivity contribution in [2.75, 3.05) is 13.7 Å². The minimum Gasteiger partial charge on any atom is -0.497 e. The van der Waals surface area contributed by atoms with E-state index in [1.807, 2.05) is 18.2 Å². The van der Waals surface area contributed by atoms with Gasteiger partial charge in [-0.3, -0.25) is 0 Å². The van der Waals surface area contributed by atoms with Crippen LogP contribution in [0, 0.1) is 0 Å². The summed E-state index contributed by atoms with van der Waals surface area (Å²) in [5.41, 5.74) is 1.09. The van der Waals surface area contributed by atoms with Crippen LogP contribution in [0.2, 0.25) is 0 Å². The fraction of sp³-hybridized carbons (Fsp3) is 0.571. The van der Waals surface area contributed by atoms with Crippen LogP contribution in [0.1, 0.15) is 24.8 Å². The van der Waals surface area contributed by atoms with Crippen LogP contribution >= 0.6 is 15.9 Å². The van der Waals surface area contributed by atoms with Gasteiger partial charge in [0.1, 0.15) is 5.75 Å². The van der Waals surface area contributed by atoms with E-state index in [1.54, 1.807) is 7.11 Å². The van der Waals surface area contributed by atoms with Crippen LogP contribution in [-0.2, 0) is 6.42 Å². The lowest BCUT2D eigenvalue weighted by Crippen LogP contribution is -2.44. The molecule has 0 saturated carbocycles. The number of halogens is 1. The molecule has 2 rings (SSSR count). The Balaban J connectivity index is 2.03. The van der Waals surface area contributed by atoms with Gasteiger partial charge in [0.25, 0.3) is 0 Å². The lowest BCUT2D eigenvalue weighted by atomic mass is 9.95. The summed E-state index contributed by atoms with van der Waals surface area (Å²) in [6, 6.07) is 6.08. The maximum atomic E-state index is 10.3. The van der Waals surface area contributed by atoms with Gasteiger partial charge in [-0.1, -0.05) is 22.4 Å². The van der Waals surface area contributed by atoms with E-state index in [1.165, 1.54) is 12.8 Å². The standard InChI is InChI=1S/C14H20BrNO2/c1-18-11-5-6-12(15)10(8-11)9-14(17)13-4-2-3-7-16-13/h5-6,8,13-14,16-17H,2-4,7,9H2,1H3. The molecule has 3 nitrogen and oxygen atoms in total. The Morgan fingerprint density at radius 2 is 2.33 bits per heavy atom. The Kier molecular flexibility index (Phi) is 5.03. The van der Waals surface area contributed by atoms with Gasteiger partial charge >= 0.3 is 0 Å². The molecule has 18 heavy (non-hydrogen) atoms. The highest BCUT2D eigenvalue weighted by atomic mass is 79.9. The summed E-state index contributed by atoms with van der Waals surface area (Å²) >= 11 is 3.53. The quantitative estimate of drug-likeness (QED) is 0.897. The molecule has 0 amide bonds. The largest absolute Gasteiger partial charge is 0.497 e. The Morgan fingerprint density at radius 3 is 3.00 bits per heavy atom. The molecule has 0 aliphatic carbocycles. The van der Waals surface area contributed by atoms with Crippen molar-refractivity contribution in [1.82, 2.24) is 5.32 Å². The number of nitrogens with one attached hydrogen (secondary N) is 1. The van der Waals surface area contributed by atoms with Crippen LogP contribution in [-0.4, -0.2) is 30.9 Å². The molecular weight excluding hydrogens is 294 g/mol. The molecule has 100 valence electrons. The third kappa shape index (κ3) is 3.46. The first-order valence-corrected chi connectivity index (χ1v) is 7.24. The van der Waals surface area contributed by atoms with Crippen LogP contribution in [0.3, 0.4) is 0 Å². The van der Waals surface area contributed by atoms with Gasteiger partial charge in [0, 0.05) is 16.9 Å². The van der Waals surface area contributed by atoms with Gasteiger partial charge < -0.3 is 15.2 Å². The highest BCUT2D eigenvalue weighted by Gasteiger charge is 2.22. The first kappa shape index (κ1) is 13.8. The summed E-state index contributed by atoms with van der Waals surface area (Å²) < 4.78 is 6.24. The van der Waals surface area contributed by atoms with Gasteiger partial charge in [-0.05, 0) is 43.1 Å². The molecule has 1 aliphatic rings. The fourth-order valence-electron chi connectivity index (χ4n) is 2.41. The third-order valence-corrected chi connectivity index (χ3v) is 4.27. The first-order chi connectivity index (χ1) is 8.70. The number of methoxy groups -OCH3 is 1. The van der Waals surface area contributed by atoms with Crippen molar-refractivity contribution in [2.45, 2.75) is 37.8 Å². The van der Waals surface area contributed by atoms with E-state index >= 15 is 0 Å². The molecule has 2 unspecified atom stereocenters. The molecule has 1 aliphatic heterocycles. The minimum absolute atomic E-state index is 0.219. The molecule has 0 spiro atoms. The summed E-state index contributed by atoms with van der Waals surface area (Å²) in [4.78, 5) is 0. The Hall–Kier alpha value is -0.580. The van der Waals surface area contributed by atoms with Crippen molar-refractivity contribution in [3.63, 3.8) is 0 Å². The third-order valence-electron chi connectivity index (χ3n) is 3.49. The number of ether oxygens (including phenoxy) is 1. The van der Waals surface area contributed by atoms with Crippen molar-refractivity contribution < 1.29 is 9.84 Å². The molecule has 1 aromatic rings. The summed E-state index contributed by atoms with van der Waals surface area (Å²) in [5.74, 6) is 0.831. The Labute approximate surface area is 117 Å². The highest BCUT2D eigenvalue weighted by molar-refractivity contribution is 9.10. The summed E-state index contributed by atoms with van der Waals surface area (Å²) in [5, 5.41) is 13.7. The van der Waals surface area contributed by atoms with Crippen LogP contribution in [0.5, 0.6) is 5.75 Å². The lowest BCUT2D eigenvalue weighted by molar-refractivity contribution is 0.113. The Morgan fingerprint density at radius 1 is 1.50 bits per heavy atom. The maximum Gasteiger partial charge on any atom is 0.119 e. The van der Waals surface area contributed by atoms with Crippen LogP contribution in [0.15, 0.2) is 22.7 Å². The number of aliphatic hydroxyl groups is 1. The average molecular weight is 314 g/mol. The predicted molar refractivity (Wildman–Crippen MR) is 76.0 cm³/mol. The van der Waals surface area contributed by atoms with Crippen molar-refractivity contribution in [3.8, 4) is 5.75 Å². The molecule has 1 fully saturated rings. The second-order valence-corrected chi connectivity index (χ2v) is 5.64. The molecule has 0 aromatic heterocycles. The number of benzene rings is 1. The zero-order valence-corrected chi connectivity index (χ0v) is 12.2. The van der Waals surface area contributed by atoms with Crippen molar-refractivity contribution in [2.24, 2.45) is 0 Å². The fourth-order valence-corrected chi connectivity index (χ4v) is 2.82. The zero-order valence-electron chi connectivity index (χ0n) is 10.7. The second kappa shape index (κ2) is 6.55. The summed E-state index contributed by atoms with van der Waals surface area (Å²) in [6.07, 6.45) is 3.78. The lowest BCUT2D eigenvalue weighted by Gasteiger charge is -2.28. The minimum atomic E-state index is -0.339. The second-order valence-electron chi connectivity index (χ2n) is 4.79. The van der Waals surface area contributed by atoms with Gasteiger partial charge in [-0.15, -0.1) is 0 Å². The topological polar surface area (TPSA) is 41.5 Å². The van der Waals surface area contributed by atoms with Crippen molar-refractivity contribution in [1.29, 1.82) is 0 Å². The Bertz CT molecular complexity index is 391. The van der Waals surface area contributed by atoms with E-state index in [4.69, 9.17) is 4.74 Å². The predicted octanol–water partition coefficient (Wildman–Crippen LogP) is 2.50. The van der Waals surface area contributed by atoms with Crippen LogP contribution in [0.25, 0.3) is 0 Å². The van der Waals surface area contributed by atoms with E-state index in [9.17, 15) is 5.11 Å². The number of aliphatic hydroxyl groups excluding tert-OH is 1. The molecule has 0 bridgehead atoms. The molecular formula is C14H20BrNO2. The van der Waals surface area contributed by atoms with Gasteiger partial charge in [0.05, 0.1) is 13.2 Å². The van der Waals surface area contributed by atoms with Crippen molar-refractivity contribution >= 4 is 15.9 Å². The SMILES string of the molecule is COc1ccc(Br)c(CC(O)C2CCCCN2)c1. The molecule has 2 atom stereocenters. The monoisotopic (exact) mass is 313 g/mol. The summed E-state index contributed by atoms with van der Waals surface area (Å²) in [6.45, 7) is 1.01. The molecule has 1 aromatic carbocycles. The van der Waals surface area contributed by atoms with E-state index < -0.39 is 0 Å². The van der Waals surface area contributed by atoms with Gasteiger partial charge in [0.2, 0.25) is 0 Å².